The van der Waals surface area contributed by atoms with Crippen LogP contribution in [0.4, 0.5) is 0 Å². The van der Waals surface area contributed by atoms with Gasteiger partial charge in [-0.3, -0.25) is 10.2 Å². The second-order valence-corrected chi connectivity index (χ2v) is 5.54. The quantitative estimate of drug-likeness (QED) is 0.187. The Morgan fingerprint density at radius 1 is 1.59 bits per heavy atom. The lowest BCUT2D eigenvalue weighted by molar-refractivity contribution is -0.147. The van der Waals surface area contributed by atoms with E-state index in [0.717, 1.165) is 32.0 Å². The minimum absolute atomic E-state index is 0.119. The zero-order valence-corrected chi connectivity index (χ0v) is 13.1. The number of aliphatic hydroxyl groups excluding tert-OH is 1. The summed E-state index contributed by atoms with van der Waals surface area (Å²) in [6, 6.07) is 0. The number of carbonyl (C=O) groups is 1. The van der Waals surface area contributed by atoms with Crippen LogP contribution in [0.25, 0.3) is 0 Å². The van der Waals surface area contributed by atoms with Gasteiger partial charge in [0, 0.05) is 18.8 Å². The van der Waals surface area contributed by atoms with Gasteiger partial charge in [0.1, 0.15) is 6.23 Å². The molecule has 1 aliphatic rings. The van der Waals surface area contributed by atoms with E-state index in [9.17, 15) is 9.90 Å². The fraction of sp³-hybridized carbons (Fsp3) is 0.750. The van der Waals surface area contributed by atoms with Gasteiger partial charge in [-0.15, -0.1) is 6.42 Å². The van der Waals surface area contributed by atoms with Crippen LogP contribution >= 0.6 is 0 Å². The van der Waals surface area contributed by atoms with Gasteiger partial charge in [-0.1, -0.05) is 32.1 Å². The Hall–Kier alpha value is -1.58. The van der Waals surface area contributed by atoms with E-state index in [4.69, 9.17) is 21.3 Å². The minimum atomic E-state index is -1.16. The summed E-state index contributed by atoms with van der Waals surface area (Å²) >= 11 is 0. The van der Waals surface area contributed by atoms with E-state index in [1.807, 2.05) is 0 Å². The molecule has 22 heavy (non-hydrogen) atoms. The van der Waals surface area contributed by atoms with Gasteiger partial charge in [0.05, 0.1) is 19.6 Å². The van der Waals surface area contributed by atoms with Crippen molar-refractivity contribution in [1.29, 1.82) is 5.41 Å². The number of hydrogen-bond donors (Lipinski definition) is 3. The summed E-state index contributed by atoms with van der Waals surface area (Å²) < 4.78 is 10.9. The van der Waals surface area contributed by atoms with Gasteiger partial charge in [-0.2, -0.15) is 0 Å². The number of rotatable bonds is 10. The van der Waals surface area contributed by atoms with Crippen molar-refractivity contribution in [1.82, 2.24) is 5.32 Å². The number of carbonyl (C=O) groups excluding carboxylic acids is 1. The van der Waals surface area contributed by atoms with E-state index in [-0.39, 0.29) is 25.1 Å². The predicted octanol–water partition coefficient (Wildman–Crippen LogP) is 1.42. The molecule has 0 amide bonds. The fourth-order valence-electron chi connectivity index (χ4n) is 2.57. The molecule has 1 saturated heterocycles. The molecule has 0 radical (unpaired) electrons. The molecular formula is C16H26N2O4. The zero-order chi connectivity index (χ0) is 16.4. The highest BCUT2D eigenvalue weighted by molar-refractivity contribution is 5.69. The lowest BCUT2D eigenvalue weighted by Crippen LogP contribution is -2.41. The van der Waals surface area contributed by atoms with Crippen LogP contribution in [0.2, 0.25) is 0 Å². The van der Waals surface area contributed by atoms with Gasteiger partial charge in [0.15, 0.2) is 5.60 Å². The van der Waals surface area contributed by atoms with Gasteiger partial charge in [0.25, 0.3) is 0 Å². The number of hydrogen-bond acceptors (Lipinski definition) is 5. The fourth-order valence-corrected chi connectivity index (χ4v) is 2.57. The first-order chi connectivity index (χ1) is 10.6. The summed E-state index contributed by atoms with van der Waals surface area (Å²) in [6.45, 7) is 1.89. The van der Waals surface area contributed by atoms with Crippen LogP contribution in [0.5, 0.6) is 0 Å². The standard InChI is InChI=1S/C16H26N2O4/c1-3-5-6-7-8-15(20)21-10-13-9-14(18-12-17)22-16(13,4-2)11-19/h2,12-14,19H,3,5-11H2,1H3,(H2,17,18)/t13?,14-,16-/m1/s1. The molecule has 1 heterocycles. The maximum Gasteiger partial charge on any atom is 0.305 e. The highest BCUT2D eigenvalue weighted by Crippen LogP contribution is 2.35. The van der Waals surface area contributed by atoms with Crippen molar-refractivity contribution in [2.75, 3.05) is 13.2 Å². The normalized spacial score (nSPS) is 27.1. The summed E-state index contributed by atoms with van der Waals surface area (Å²) in [5.41, 5.74) is -1.16. The van der Waals surface area contributed by atoms with Crippen molar-refractivity contribution in [2.24, 2.45) is 5.92 Å². The van der Waals surface area contributed by atoms with Crippen LogP contribution in [0.15, 0.2) is 0 Å². The Bertz CT molecular complexity index is 407. The largest absolute Gasteiger partial charge is 0.465 e. The van der Waals surface area contributed by atoms with Gasteiger partial charge in [0.2, 0.25) is 0 Å². The van der Waals surface area contributed by atoms with E-state index >= 15 is 0 Å². The molecule has 0 aromatic carbocycles. The van der Waals surface area contributed by atoms with E-state index in [1.165, 1.54) is 0 Å². The topological polar surface area (TPSA) is 91.6 Å². The monoisotopic (exact) mass is 310 g/mol. The number of aliphatic hydroxyl groups is 1. The molecule has 0 aromatic heterocycles. The number of ether oxygens (including phenoxy) is 2. The summed E-state index contributed by atoms with van der Waals surface area (Å²) in [6.07, 6.45) is 11.0. The Morgan fingerprint density at radius 3 is 2.95 bits per heavy atom. The first-order valence-corrected chi connectivity index (χ1v) is 7.79. The molecular weight excluding hydrogens is 284 g/mol. The molecule has 1 rings (SSSR count). The maximum atomic E-state index is 11.7. The number of nitrogens with one attached hydrogen (secondary N) is 2. The molecule has 1 aliphatic heterocycles. The molecule has 1 fully saturated rings. The first-order valence-electron chi connectivity index (χ1n) is 7.79. The van der Waals surface area contributed by atoms with Crippen LogP contribution in [-0.4, -0.2) is 42.5 Å². The highest BCUT2D eigenvalue weighted by Gasteiger charge is 2.47. The van der Waals surface area contributed by atoms with Gasteiger partial charge in [-0.25, -0.2) is 0 Å². The minimum Gasteiger partial charge on any atom is -0.465 e. The molecule has 0 aliphatic carbocycles. The lowest BCUT2D eigenvalue weighted by atomic mass is 9.89. The van der Waals surface area contributed by atoms with Crippen molar-refractivity contribution in [2.45, 2.75) is 57.3 Å². The van der Waals surface area contributed by atoms with Crippen LogP contribution in [0.3, 0.4) is 0 Å². The first kappa shape index (κ1) is 18.5. The average Bonchev–Trinajstić information content (AvgIpc) is 2.88. The van der Waals surface area contributed by atoms with Crippen LogP contribution in [0.1, 0.15) is 45.4 Å². The van der Waals surface area contributed by atoms with E-state index in [2.05, 4.69) is 18.2 Å². The molecule has 3 atom stereocenters. The van der Waals surface area contributed by atoms with Gasteiger partial charge in [-0.05, 0) is 6.42 Å². The molecule has 0 saturated carbocycles. The Balaban J connectivity index is 2.46. The summed E-state index contributed by atoms with van der Waals surface area (Å²) in [7, 11) is 0. The van der Waals surface area contributed by atoms with Gasteiger partial charge < -0.3 is 19.9 Å². The molecule has 6 heteroatoms. The smallest absolute Gasteiger partial charge is 0.305 e. The molecule has 124 valence electrons. The maximum absolute atomic E-state index is 11.7. The van der Waals surface area contributed by atoms with Crippen molar-refractivity contribution in [3.63, 3.8) is 0 Å². The second-order valence-electron chi connectivity index (χ2n) is 5.54. The van der Waals surface area contributed by atoms with E-state index in [1.54, 1.807) is 0 Å². The van der Waals surface area contributed by atoms with E-state index in [0.29, 0.717) is 12.8 Å². The summed E-state index contributed by atoms with van der Waals surface area (Å²) in [5.74, 6) is 1.93. The summed E-state index contributed by atoms with van der Waals surface area (Å²) in [5, 5.41) is 19.3. The van der Waals surface area contributed by atoms with Crippen LogP contribution < -0.4 is 5.32 Å². The second kappa shape index (κ2) is 9.44. The average molecular weight is 310 g/mol. The third kappa shape index (κ3) is 5.00. The predicted molar refractivity (Wildman–Crippen MR) is 83.3 cm³/mol. The number of terminal acetylenes is 1. The van der Waals surface area contributed by atoms with Crippen molar-refractivity contribution in [3.05, 3.63) is 0 Å². The molecule has 6 nitrogen and oxygen atoms in total. The third-order valence-corrected chi connectivity index (χ3v) is 3.94. The lowest BCUT2D eigenvalue weighted by Gasteiger charge is -2.26. The molecule has 0 bridgehead atoms. The van der Waals surface area contributed by atoms with Gasteiger partial charge >= 0.3 is 5.97 Å². The third-order valence-electron chi connectivity index (χ3n) is 3.94. The molecule has 1 unspecified atom stereocenters. The van der Waals surface area contributed by atoms with Crippen molar-refractivity contribution >= 4 is 12.3 Å². The van der Waals surface area contributed by atoms with Crippen molar-refractivity contribution < 1.29 is 19.4 Å². The van der Waals surface area contributed by atoms with Crippen LogP contribution in [0, 0.1) is 23.7 Å². The Labute approximate surface area is 132 Å². The number of esters is 1. The Morgan fingerprint density at radius 2 is 2.36 bits per heavy atom. The SMILES string of the molecule is C#C[C@]1(CO)O[C@@H](NC=N)CC1COC(=O)CCCCCC. The van der Waals surface area contributed by atoms with Crippen molar-refractivity contribution in [3.8, 4) is 12.3 Å². The van der Waals surface area contributed by atoms with Crippen LogP contribution in [-0.2, 0) is 14.3 Å². The highest BCUT2D eigenvalue weighted by atomic mass is 16.6. The molecule has 0 aromatic rings. The molecule has 0 spiro atoms. The zero-order valence-electron chi connectivity index (χ0n) is 13.1. The molecule has 3 N–H and O–H groups in total. The number of unbranched alkanes of at least 4 members (excludes halogenated alkanes) is 3. The Kier molecular flexibility index (Phi) is 7.92. The summed E-state index contributed by atoms with van der Waals surface area (Å²) in [4.78, 5) is 11.7. The van der Waals surface area contributed by atoms with E-state index < -0.39 is 11.8 Å².